The Bertz CT molecular complexity index is 186. The third-order valence-electron chi connectivity index (χ3n) is 3.36. The predicted molar refractivity (Wildman–Crippen MR) is 82.7 cm³/mol. The van der Waals surface area contributed by atoms with E-state index in [1.807, 2.05) is 0 Å². The number of nitrogens with one attached hydrogen (secondary N) is 2. The molecule has 2 fully saturated rings. The summed E-state index contributed by atoms with van der Waals surface area (Å²) < 4.78 is 0. The van der Waals surface area contributed by atoms with E-state index in [1.54, 1.807) is 0 Å². The summed E-state index contributed by atoms with van der Waals surface area (Å²) in [6.45, 7) is 3.27. The van der Waals surface area contributed by atoms with Crippen LogP contribution in [0.4, 0.5) is 0 Å². The highest BCUT2D eigenvalue weighted by atomic mass is 35.5. The maximum atomic E-state index is 9.07. The van der Waals surface area contributed by atoms with Gasteiger partial charge in [-0.15, -0.1) is 24.8 Å². The number of halogens is 2. The first-order valence-electron chi connectivity index (χ1n) is 6.75. The average molecular weight is 335 g/mol. The van der Waals surface area contributed by atoms with E-state index in [1.165, 1.54) is 0 Å². The summed E-state index contributed by atoms with van der Waals surface area (Å²) >= 11 is 0. The zero-order valence-corrected chi connectivity index (χ0v) is 13.2. The van der Waals surface area contributed by atoms with Crippen molar-refractivity contribution in [3.63, 3.8) is 0 Å². The fraction of sp³-hybridized carbons (Fsp3) is 1.00. The van der Waals surface area contributed by atoms with Crippen LogP contribution in [0.25, 0.3) is 0 Å². The standard InChI is InChI=1S/2C6H13NO2.2ClH/c2*8-5-1-3-7-4-2-6(5)9;;/h2*5-9H,1-4H2;2*1H/t2*5-,6+;;. The molecule has 0 unspecified atom stereocenters. The molecule has 0 aliphatic carbocycles. The van der Waals surface area contributed by atoms with Crippen molar-refractivity contribution in [1.82, 2.24) is 10.6 Å². The van der Waals surface area contributed by atoms with Crippen LogP contribution in [0.5, 0.6) is 0 Å². The van der Waals surface area contributed by atoms with E-state index in [-0.39, 0.29) is 24.8 Å². The molecule has 0 aromatic heterocycles. The smallest absolute Gasteiger partial charge is 0.0811 e. The quantitative estimate of drug-likeness (QED) is 0.340. The Labute approximate surface area is 132 Å². The summed E-state index contributed by atoms with van der Waals surface area (Å²) in [5, 5.41) is 42.4. The molecule has 6 nitrogen and oxygen atoms in total. The van der Waals surface area contributed by atoms with Crippen molar-refractivity contribution < 1.29 is 20.4 Å². The first-order valence-corrected chi connectivity index (χ1v) is 6.75. The van der Waals surface area contributed by atoms with Gasteiger partial charge in [0.1, 0.15) is 0 Å². The van der Waals surface area contributed by atoms with Crippen LogP contribution in [0.1, 0.15) is 25.7 Å². The van der Waals surface area contributed by atoms with E-state index in [2.05, 4.69) is 10.6 Å². The van der Waals surface area contributed by atoms with E-state index < -0.39 is 24.4 Å². The number of aliphatic hydroxyl groups excluding tert-OH is 4. The Morgan fingerprint density at radius 1 is 0.500 bits per heavy atom. The van der Waals surface area contributed by atoms with Crippen LogP contribution >= 0.6 is 24.8 Å². The summed E-state index contributed by atoms with van der Waals surface area (Å²) in [7, 11) is 0. The molecular weight excluding hydrogens is 307 g/mol. The largest absolute Gasteiger partial charge is 0.390 e. The second-order valence-corrected chi connectivity index (χ2v) is 4.92. The van der Waals surface area contributed by atoms with Gasteiger partial charge < -0.3 is 31.1 Å². The molecule has 0 radical (unpaired) electrons. The fourth-order valence-corrected chi connectivity index (χ4v) is 2.02. The first-order chi connectivity index (χ1) is 8.61. The van der Waals surface area contributed by atoms with Crippen molar-refractivity contribution in [1.29, 1.82) is 0 Å². The van der Waals surface area contributed by atoms with Crippen LogP contribution in [0.2, 0.25) is 0 Å². The molecule has 6 N–H and O–H groups in total. The van der Waals surface area contributed by atoms with Crippen LogP contribution in [-0.2, 0) is 0 Å². The zero-order valence-electron chi connectivity index (χ0n) is 11.6. The molecule has 2 aliphatic rings. The lowest BCUT2D eigenvalue weighted by Gasteiger charge is -2.11. The minimum absolute atomic E-state index is 0. The minimum Gasteiger partial charge on any atom is -0.390 e. The van der Waals surface area contributed by atoms with E-state index >= 15 is 0 Å². The molecular formula is C12H28Cl2N2O4. The second-order valence-electron chi connectivity index (χ2n) is 4.92. The molecule has 0 aromatic carbocycles. The summed E-state index contributed by atoms with van der Waals surface area (Å²) in [6.07, 6.45) is 0.616. The molecule has 0 spiro atoms. The van der Waals surface area contributed by atoms with Crippen molar-refractivity contribution >= 4 is 24.8 Å². The molecule has 8 heteroatoms. The third-order valence-corrected chi connectivity index (χ3v) is 3.36. The van der Waals surface area contributed by atoms with Gasteiger partial charge >= 0.3 is 0 Å². The van der Waals surface area contributed by atoms with Crippen LogP contribution in [-0.4, -0.2) is 71.0 Å². The van der Waals surface area contributed by atoms with E-state index in [4.69, 9.17) is 20.4 Å². The van der Waals surface area contributed by atoms with Gasteiger partial charge in [0.05, 0.1) is 24.4 Å². The van der Waals surface area contributed by atoms with Gasteiger partial charge in [0.25, 0.3) is 0 Å². The Morgan fingerprint density at radius 2 is 0.700 bits per heavy atom. The van der Waals surface area contributed by atoms with Gasteiger partial charge in [-0.05, 0) is 51.9 Å². The average Bonchev–Trinajstić information content (AvgIpc) is 2.65. The van der Waals surface area contributed by atoms with Gasteiger partial charge in [0, 0.05) is 0 Å². The van der Waals surface area contributed by atoms with Gasteiger partial charge in [-0.1, -0.05) is 0 Å². The van der Waals surface area contributed by atoms with Crippen LogP contribution < -0.4 is 10.6 Å². The summed E-state index contributed by atoms with van der Waals surface area (Å²) in [6, 6.07) is 0. The number of aliphatic hydroxyl groups is 4. The fourth-order valence-electron chi connectivity index (χ4n) is 2.02. The maximum Gasteiger partial charge on any atom is 0.0811 e. The highest BCUT2D eigenvalue weighted by molar-refractivity contribution is 5.85. The van der Waals surface area contributed by atoms with Crippen molar-refractivity contribution in [3.05, 3.63) is 0 Å². The molecule has 124 valence electrons. The van der Waals surface area contributed by atoms with Gasteiger partial charge in [0.15, 0.2) is 0 Å². The Morgan fingerprint density at radius 3 is 0.900 bits per heavy atom. The van der Waals surface area contributed by atoms with Crippen molar-refractivity contribution in [2.45, 2.75) is 50.1 Å². The zero-order chi connectivity index (χ0) is 13.4. The van der Waals surface area contributed by atoms with Crippen LogP contribution in [0.15, 0.2) is 0 Å². The minimum atomic E-state index is -0.514. The van der Waals surface area contributed by atoms with Gasteiger partial charge in [-0.3, -0.25) is 0 Å². The molecule has 0 saturated carbocycles. The summed E-state index contributed by atoms with van der Waals surface area (Å²) in [5.74, 6) is 0. The molecule has 4 atom stereocenters. The topological polar surface area (TPSA) is 105 Å². The summed E-state index contributed by atoms with van der Waals surface area (Å²) in [5.41, 5.74) is 0. The summed E-state index contributed by atoms with van der Waals surface area (Å²) in [4.78, 5) is 0. The normalized spacial score (nSPS) is 34.2. The lowest BCUT2D eigenvalue weighted by Crippen LogP contribution is -2.24. The first kappa shape index (κ1) is 22.6. The Hall–Kier alpha value is 0.340. The van der Waals surface area contributed by atoms with Crippen LogP contribution in [0, 0.1) is 0 Å². The number of hydrogen-bond donors (Lipinski definition) is 6. The molecule has 0 bridgehead atoms. The van der Waals surface area contributed by atoms with Crippen molar-refractivity contribution in [2.24, 2.45) is 0 Å². The molecule has 0 amide bonds. The molecule has 2 heterocycles. The van der Waals surface area contributed by atoms with Gasteiger partial charge in [-0.2, -0.15) is 0 Å². The van der Waals surface area contributed by atoms with Gasteiger partial charge in [-0.25, -0.2) is 0 Å². The van der Waals surface area contributed by atoms with E-state index in [0.717, 1.165) is 26.2 Å². The highest BCUT2D eigenvalue weighted by Gasteiger charge is 2.18. The van der Waals surface area contributed by atoms with Crippen LogP contribution in [0.3, 0.4) is 0 Å². The highest BCUT2D eigenvalue weighted by Crippen LogP contribution is 2.05. The third kappa shape index (κ3) is 9.31. The predicted octanol–water partition coefficient (Wildman–Crippen LogP) is -0.973. The molecule has 0 aromatic rings. The van der Waals surface area contributed by atoms with Crippen molar-refractivity contribution in [2.75, 3.05) is 26.2 Å². The Balaban J connectivity index is 0. The molecule has 2 rings (SSSR count). The lowest BCUT2D eigenvalue weighted by molar-refractivity contribution is 0.0187. The van der Waals surface area contributed by atoms with E-state index in [0.29, 0.717) is 25.7 Å². The van der Waals surface area contributed by atoms with Gasteiger partial charge in [0.2, 0.25) is 0 Å². The SMILES string of the molecule is Cl.Cl.O[C@@H]1CCNCC[C@@H]1O.O[C@@H]1CCNCC[C@@H]1O. The Kier molecular flexibility index (Phi) is 14.7. The lowest BCUT2D eigenvalue weighted by atomic mass is 10.1. The molecule has 20 heavy (non-hydrogen) atoms. The number of rotatable bonds is 0. The number of hydrogen-bond acceptors (Lipinski definition) is 6. The monoisotopic (exact) mass is 334 g/mol. The van der Waals surface area contributed by atoms with E-state index in [9.17, 15) is 0 Å². The second kappa shape index (κ2) is 13.0. The molecule has 2 aliphatic heterocycles. The molecule has 2 saturated heterocycles. The van der Waals surface area contributed by atoms with Crippen molar-refractivity contribution in [3.8, 4) is 0 Å². The maximum absolute atomic E-state index is 9.07.